The van der Waals surface area contributed by atoms with Gasteiger partial charge in [-0.1, -0.05) is 48.9 Å². The van der Waals surface area contributed by atoms with Crippen LogP contribution in [0.25, 0.3) is 11.3 Å². The van der Waals surface area contributed by atoms with Crippen molar-refractivity contribution in [1.82, 2.24) is 0 Å². The normalized spacial score (nSPS) is 22.6. The number of benzene rings is 2. The Labute approximate surface area is 165 Å². The molecule has 1 saturated carbocycles. The molecule has 5 rings (SSSR count). The fraction of sp³-hybridized carbons (Fsp3) is 0.240. The molecule has 1 N–H and O–H groups in total. The van der Waals surface area contributed by atoms with Crippen LogP contribution >= 0.6 is 0 Å². The van der Waals surface area contributed by atoms with Gasteiger partial charge in [-0.25, -0.2) is 4.99 Å². The van der Waals surface area contributed by atoms with E-state index in [0.29, 0.717) is 0 Å². The minimum Gasteiger partial charge on any atom is -0.452 e. The zero-order chi connectivity index (χ0) is 18.8. The lowest BCUT2D eigenvalue weighted by Gasteiger charge is -2.41. The predicted molar refractivity (Wildman–Crippen MR) is 112 cm³/mol. The number of hydrogen-bond donors (Lipinski definition) is 1. The Morgan fingerprint density at radius 2 is 1.61 bits per heavy atom. The van der Waals surface area contributed by atoms with Gasteiger partial charge in [0.05, 0.1) is 11.1 Å². The molecule has 2 aromatic rings. The Morgan fingerprint density at radius 1 is 0.821 bits per heavy atom. The fourth-order valence-corrected chi connectivity index (χ4v) is 4.15. The van der Waals surface area contributed by atoms with Crippen LogP contribution in [-0.2, 0) is 9.47 Å². The van der Waals surface area contributed by atoms with Crippen LogP contribution in [0, 0.1) is 0 Å². The van der Waals surface area contributed by atoms with E-state index in [1.807, 2.05) is 36.6 Å². The summed E-state index contributed by atoms with van der Waals surface area (Å²) in [5.74, 6) is 1.22. The summed E-state index contributed by atoms with van der Waals surface area (Å²) < 4.78 is 12.8. The molecule has 3 heteroatoms. The van der Waals surface area contributed by atoms with Gasteiger partial charge in [-0.15, -0.1) is 0 Å². The summed E-state index contributed by atoms with van der Waals surface area (Å²) in [7, 11) is 0. The Bertz CT molecular complexity index is 992. The van der Waals surface area contributed by atoms with Gasteiger partial charge in [0.25, 0.3) is 5.79 Å². The first-order valence-electron chi connectivity index (χ1n) is 10.1. The molecule has 2 aromatic carbocycles. The number of fused-ring (bicyclic) bond motifs is 1. The van der Waals surface area contributed by atoms with Gasteiger partial charge in [0, 0.05) is 30.5 Å². The number of allylic oxidation sites excluding steroid dienone is 4. The lowest BCUT2D eigenvalue weighted by atomic mass is 9.93. The summed E-state index contributed by atoms with van der Waals surface area (Å²) in [5.41, 5.74) is 4.61. The summed E-state index contributed by atoms with van der Waals surface area (Å²) in [5, 5.41) is 0. The molecule has 0 radical (unpaired) electrons. The van der Waals surface area contributed by atoms with Crippen molar-refractivity contribution >= 4 is 23.2 Å². The summed E-state index contributed by atoms with van der Waals surface area (Å²) in [6, 6.07) is 18.6. The Balaban J connectivity index is 1.51. The minimum atomic E-state index is -0.530. The van der Waals surface area contributed by atoms with Crippen LogP contribution in [0.15, 0.2) is 78.6 Å². The van der Waals surface area contributed by atoms with Crippen LogP contribution in [0.1, 0.15) is 43.2 Å². The second kappa shape index (κ2) is 7.16. The Kier molecular flexibility index (Phi) is 4.36. The molecule has 0 bridgehead atoms. The first kappa shape index (κ1) is 17.1. The average Bonchev–Trinajstić information content (AvgIpc) is 3.16. The van der Waals surface area contributed by atoms with Gasteiger partial charge in [-0.2, -0.15) is 0 Å². The highest BCUT2D eigenvalue weighted by Crippen LogP contribution is 2.42. The van der Waals surface area contributed by atoms with Crippen LogP contribution < -0.4 is 4.99 Å². The van der Waals surface area contributed by atoms with Crippen LogP contribution in [0.2, 0.25) is 0 Å². The molecule has 0 amide bonds. The highest BCUT2D eigenvalue weighted by molar-refractivity contribution is 6.11. The number of rotatable bonds is 2. The second-order valence-corrected chi connectivity index (χ2v) is 7.58. The summed E-state index contributed by atoms with van der Waals surface area (Å²) in [6.45, 7) is 0. The Hall–Kier alpha value is -3.07. The van der Waals surface area contributed by atoms with Crippen molar-refractivity contribution in [3.63, 3.8) is 0 Å². The van der Waals surface area contributed by atoms with Crippen LogP contribution in [0.5, 0.6) is 0 Å². The molecule has 2 aliphatic heterocycles. The van der Waals surface area contributed by atoms with Crippen molar-refractivity contribution in [2.24, 2.45) is 0 Å². The predicted octanol–water partition coefficient (Wildman–Crippen LogP) is 4.50. The quantitative estimate of drug-likeness (QED) is 0.844. The molecular formula is C25H24NO2+. The number of nitrogens with one attached hydrogen (secondary N) is 1. The highest BCUT2D eigenvalue weighted by atomic mass is 16.7. The SMILES string of the molecule is C1=[NH+]c2ccccc2/C1=C/C=C1\C=C(c2ccccc2)OC2(CCCCC2)O1. The van der Waals surface area contributed by atoms with Gasteiger partial charge >= 0.3 is 0 Å². The lowest BCUT2D eigenvalue weighted by molar-refractivity contribution is -0.342. The van der Waals surface area contributed by atoms with Gasteiger partial charge in [0.1, 0.15) is 11.5 Å². The summed E-state index contributed by atoms with van der Waals surface area (Å²) >= 11 is 0. The van der Waals surface area contributed by atoms with Gasteiger partial charge in [0.2, 0.25) is 5.69 Å². The lowest BCUT2D eigenvalue weighted by Crippen LogP contribution is -2.58. The second-order valence-electron chi connectivity index (χ2n) is 7.58. The molecule has 1 fully saturated rings. The Morgan fingerprint density at radius 3 is 2.46 bits per heavy atom. The number of para-hydroxylation sites is 1. The van der Waals surface area contributed by atoms with E-state index in [0.717, 1.165) is 54.0 Å². The number of hydrogen-bond acceptors (Lipinski definition) is 2. The molecular weight excluding hydrogens is 346 g/mol. The summed E-state index contributed by atoms with van der Waals surface area (Å²) in [6.07, 6.45) is 13.6. The van der Waals surface area contributed by atoms with Gasteiger partial charge < -0.3 is 9.47 Å². The average molecular weight is 370 g/mol. The molecule has 3 aliphatic rings. The third-order valence-electron chi connectivity index (χ3n) is 5.60. The molecule has 1 aliphatic carbocycles. The molecule has 0 aromatic heterocycles. The third kappa shape index (κ3) is 3.29. The van der Waals surface area contributed by atoms with Crippen molar-refractivity contribution in [2.75, 3.05) is 0 Å². The fourth-order valence-electron chi connectivity index (χ4n) is 4.15. The standard InChI is InChI=1S/C25H23NO2/c1-3-9-19(10-4-1)24-17-21(27-25(28-24)15-7-2-8-16-25)14-13-20-18-26-23-12-6-5-11-22(20)23/h1,3-6,9-14,17-18H,2,7-8,15-16H2/p+1/b20-13+,21-14+. The van der Waals surface area contributed by atoms with E-state index in [4.69, 9.17) is 9.47 Å². The van der Waals surface area contributed by atoms with E-state index in [2.05, 4.69) is 47.5 Å². The molecule has 0 unspecified atom stereocenters. The molecule has 0 saturated heterocycles. The van der Waals surface area contributed by atoms with Gasteiger partial charge in [-0.3, -0.25) is 0 Å². The summed E-state index contributed by atoms with van der Waals surface area (Å²) in [4.78, 5) is 3.33. The zero-order valence-electron chi connectivity index (χ0n) is 15.9. The van der Waals surface area contributed by atoms with Crippen LogP contribution in [0.4, 0.5) is 5.69 Å². The van der Waals surface area contributed by atoms with Crippen molar-refractivity contribution in [3.8, 4) is 0 Å². The first-order valence-corrected chi connectivity index (χ1v) is 10.1. The van der Waals surface area contributed by atoms with E-state index in [1.54, 1.807) is 0 Å². The minimum absolute atomic E-state index is 0.530. The van der Waals surface area contributed by atoms with Crippen LogP contribution in [0.3, 0.4) is 0 Å². The monoisotopic (exact) mass is 370 g/mol. The van der Waals surface area contributed by atoms with Crippen molar-refractivity contribution < 1.29 is 14.5 Å². The topological polar surface area (TPSA) is 32.4 Å². The van der Waals surface area contributed by atoms with E-state index in [9.17, 15) is 0 Å². The van der Waals surface area contributed by atoms with Gasteiger partial charge in [0.15, 0.2) is 6.21 Å². The molecule has 1 spiro atoms. The number of ether oxygens (including phenoxy) is 2. The van der Waals surface area contributed by atoms with E-state index < -0.39 is 5.79 Å². The maximum absolute atomic E-state index is 6.42. The molecule has 28 heavy (non-hydrogen) atoms. The molecule has 3 nitrogen and oxygen atoms in total. The first-order chi connectivity index (χ1) is 13.8. The molecule has 0 atom stereocenters. The van der Waals surface area contributed by atoms with E-state index in [-0.39, 0.29) is 0 Å². The highest BCUT2D eigenvalue weighted by Gasteiger charge is 2.40. The third-order valence-corrected chi connectivity index (χ3v) is 5.60. The maximum Gasteiger partial charge on any atom is 0.251 e. The maximum atomic E-state index is 6.42. The smallest absolute Gasteiger partial charge is 0.251 e. The zero-order valence-corrected chi connectivity index (χ0v) is 15.9. The van der Waals surface area contributed by atoms with Gasteiger partial charge in [-0.05, 0) is 31.1 Å². The van der Waals surface area contributed by atoms with Crippen molar-refractivity contribution in [3.05, 3.63) is 89.7 Å². The van der Waals surface area contributed by atoms with Crippen molar-refractivity contribution in [2.45, 2.75) is 37.9 Å². The largest absolute Gasteiger partial charge is 0.452 e. The van der Waals surface area contributed by atoms with E-state index in [1.165, 1.54) is 12.0 Å². The molecule has 2 heterocycles. The van der Waals surface area contributed by atoms with E-state index >= 15 is 0 Å². The van der Waals surface area contributed by atoms with Crippen LogP contribution in [-0.4, -0.2) is 12.0 Å². The molecule has 140 valence electrons. The van der Waals surface area contributed by atoms with Crippen molar-refractivity contribution in [1.29, 1.82) is 0 Å².